The second-order valence-electron chi connectivity index (χ2n) is 9.06. The van der Waals surface area contributed by atoms with Crippen molar-refractivity contribution in [3.8, 4) is 5.75 Å². The summed E-state index contributed by atoms with van der Waals surface area (Å²) >= 11 is 0. The van der Waals surface area contributed by atoms with E-state index in [0.717, 1.165) is 30.5 Å². The third-order valence-electron chi connectivity index (χ3n) is 6.91. The highest BCUT2D eigenvalue weighted by atomic mass is 16.5. The SMILES string of the molecule is CCCCc1ccc(N2CCc3cc(O)ccc3C2(C)c2ccc(C=CC(=O)OC)cc2)cc1. The van der Waals surface area contributed by atoms with Crippen molar-refractivity contribution in [2.75, 3.05) is 18.6 Å². The van der Waals surface area contributed by atoms with Gasteiger partial charge in [0.2, 0.25) is 0 Å². The molecular weight excluding hydrogens is 422 g/mol. The van der Waals surface area contributed by atoms with Crippen LogP contribution in [-0.2, 0) is 27.9 Å². The normalized spacial score (nSPS) is 17.6. The zero-order valence-corrected chi connectivity index (χ0v) is 20.3. The maximum atomic E-state index is 11.5. The Morgan fingerprint density at radius 1 is 1.09 bits per heavy atom. The lowest BCUT2D eigenvalue weighted by Gasteiger charge is -2.48. The molecule has 0 saturated heterocycles. The highest BCUT2D eigenvalue weighted by molar-refractivity contribution is 5.86. The number of anilines is 1. The number of carbonyl (C=O) groups is 1. The van der Waals surface area contributed by atoms with E-state index in [1.54, 1.807) is 12.1 Å². The average Bonchev–Trinajstić information content (AvgIpc) is 2.86. The zero-order chi connectivity index (χ0) is 24.1. The van der Waals surface area contributed by atoms with E-state index in [1.165, 1.54) is 48.4 Å². The Morgan fingerprint density at radius 2 is 1.82 bits per heavy atom. The minimum absolute atomic E-state index is 0.304. The highest BCUT2D eigenvalue weighted by Gasteiger charge is 2.40. The first-order valence-corrected chi connectivity index (χ1v) is 12.0. The molecule has 1 atom stereocenters. The Hall–Kier alpha value is -3.53. The maximum absolute atomic E-state index is 11.5. The number of unbranched alkanes of at least 4 members (excludes halogenated alkanes) is 1. The molecule has 4 nitrogen and oxygen atoms in total. The fourth-order valence-electron chi connectivity index (χ4n) is 4.94. The molecule has 3 aromatic rings. The number of carbonyl (C=O) groups excluding carboxylic acids is 1. The van der Waals surface area contributed by atoms with Crippen molar-refractivity contribution in [2.45, 2.75) is 45.1 Å². The summed E-state index contributed by atoms with van der Waals surface area (Å²) in [7, 11) is 1.37. The molecule has 4 rings (SSSR count). The molecule has 34 heavy (non-hydrogen) atoms. The van der Waals surface area contributed by atoms with Crippen molar-refractivity contribution in [1.29, 1.82) is 0 Å². The zero-order valence-electron chi connectivity index (χ0n) is 20.3. The van der Waals surface area contributed by atoms with Crippen molar-refractivity contribution in [3.63, 3.8) is 0 Å². The van der Waals surface area contributed by atoms with Crippen LogP contribution in [0.3, 0.4) is 0 Å². The summed E-state index contributed by atoms with van der Waals surface area (Å²) in [6.07, 6.45) is 7.57. The van der Waals surface area contributed by atoms with Crippen LogP contribution in [0.2, 0.25) is 0 Å². The van der Waals surface area contributed by atoms with Crippen molar-refractivity contribution >= 4 is 17.7 Å². The molecule has 0 amide bonds. The maximum Gasteiger partial charge on any atom is 0.330 e. The number of rotatable bonds is 7. The van der Waals surface area contributed by atoms with Gasteiger partial charge in [0.25, 0.3) is 0 Å². The molecule has 1 unspecified atom stereocenters. The number of fused-ring (bicyclic) bond motifs is 1. The van der Waals surface area contributed by atoms with Gasteiger partial charge in [0.05, 0.1) is 12.6 Å². The lowest BCUT2D eigenvalue weighted by atomic mass is 9.76. The average molecular weight is 456 g/mol. The van der Waals surface area contributed by atoms with Crippen LogP contribution in [0.5, 0.6) is 5.75 Å². The molecule has 0 fully saturated rings. The minimum atomic E-state index is -0.406. The molecule has 0 bridgehead atoms. The molecule has 3 aromatic carbocycles. The van der Waals surface area contributed by atoms with Gasteiger partial charge in [-0.15, -0.1) is 0 Å². The topological polar surface area (TPSA) is 49.8 Å². The van der Waals surface area contributed by atoms with Gasteiger partial charge in [0, 0.05) is 18.3 Å². The predicted octanol–water partition coefficient (Wildman–Crippen LogP) is 6.25. The first kappa shape index (κ1) is 23.6. The second-order valence-corrected chi connectivity index (χ2v) is 9.06. The number of aromatic hydroxyl groups is 1. The molecule has 1 aliphatic heterocycles. The Morgan fingerprint density at radius 3 is 2.50 bits per heavy atom. The van der Waals surface area contributed by atoms with E-state index in [9.17, 15) is 9.90 Å². The Kier molecular flexibility index (Phi) is 7.06. The first-order valence-electron chi connectivity index (χ1n) is 12.0. The molecule has 0 saturated carbocycles. The molecule has 0 spiro atoms. The summed E-state index contributed by atoms with van der Waals surface area (Å²) in [6, 6.07) is 23.0. The molecule has 0 radical (unpaired) electrons. The monoisotopic (exact) mass is 455 g/mol. The lowest BCUT2D eigenvalue weighted by Crippen LogP contribution is -2.49. The van der Waals surface area contributed by atoms with Gasteiger partial charge in [-0.1, -0.05) is 55.8 Å². The number of esters is 1. The van der Waals surface area contributed by atoms with Crippen LogP contribution < -0.4 is 4.90 Å². The second kappa shape index (κ2) is 10.2. The van der Waals surface area contributed by atoms with Crippen LogP contribution >= 0.6 is 0 Å². The summed E-state index contributed by atoms with van der Waals surface area (Å²) < 4.78 is 4.70. The summed E-state index contributed by atoms with van der Waals surface area (Å²) in [5.41, 5.74) is 6.62. The van der Waals surface area contributed by atoms with Crippen LogP contribution in [0.4, 0.5) is 5.69 Å². The fraction of sp³-hybridized carbons (Fsp3) is 0.300. The summed E-state index contributed by atoms with van der Waals surface area (Å²) in [5.74, 6) is -0.0660. The highest BCUT2D eigenvalue weighted by Crippen LogP contribution is 2.44. The number of phenolic OH excluding ortho intramolecular Hbond substituents is 1. The number of hydrogen-bond acceptors (Lipinski definition) is 4. The minimum Gasteiger partial charge on any atom is -0.508 e. The van der Waals surface area contributed by atoms with Crippen LogP contribution in [0, 0.1) is 0 Å². The Labute approximate surface area is 202 Å². The number of methoxy groups -OCH3 is 1. The number of aryl methyl sites for hydroxylation is 1. The van der Waals surface area contributed by atoms with Crippen LogP contribution in [0.25, 0.3) is 6.08 Å². The number of ether oxygens (including phenoxy) is 1. The van der Waals surface area contributed by atoms with E-state index in [1.807, 2.05) is 18.2 Å². The van der Waals surface area contributed by atoms with Gasteiger partial charge in [-0.05, 0) is 84.3 Å². The molecule has 1 aliphatic rings. The van der Waals surface area contributed by atoms with Crippen molar-refractivity contribution in [3.05, 3.63) is 101 Å². The standard InChI is InChI=1S/C30H33NO3/c1-4-5-6-22-9-14-26(15-10-22)31-20-19-24-21-27(32)16-17-28(24)30(31,2)25-12-7-23(8-13-25)11-18-29(33)34-3/h7-18,21,32H,4-6,19-20H2,1-3H3. The van der Waals surface area contributed by atoms with E-state index in [-0.39, 0.29) is 5.97 Å². The predicted molar refractivity (Wildman–Crippen MR) is 138 cm³/mol. The quantitative estimate of drug-likeness (QED) is 0.338. The number of phenols is 1. The van der Waals surface area contributed by atoms with E-state index < -0.39 is 5.54 Å². The lowest BCUT2D eigenvalue weighted by molar-refractivity contribution is -0.134. The van der Waals surface area contributed by atoms with Gasteiger partial charge in [-0.2, -0.15) is 0 Å². The van der Waals surface area contributed by atoms with Crippen LogP contribution in [-0.4, -0.2) is 24.7 Å². The van der Waals surface area contributed by atoms with Crippen LogP contribution in [0.15, 0.2) is 72.8 Å². The fourth-order valence-corrected chi connectivity index (χ4v) is 4.94. The van der Waals surface area contributed by atoms with Gasteiger partial charge >= 0.3 is 5.97 Å². The molecule has 1 N–H and O–H groups in total. The van der Waals surface area contributed by atoms with Gasteiger partial charge in [0.15, 0.2) is 0 Å². The smallest absolute Gasteiger partial charge is 0.330 e. The molecule has 4 heteroatoms. The van der Waals surface area contributed by atoms with Crippen molar-refractivity contribution in [1.82, 2.24) is 0 Å². The summed E-state index contributed by atoms with van der Waals surface area (Å²) in [4.78, 5) is 13.9. The molecule has 176 valence electrons. The third-order valence-corrected chi connectivity index (χ3v) is 6.91. The van der Waals surface area contributed by atoms with Crippen molar-refractivity contribution in [2.24, 2.45) is 0 Å². The van der Waals surface area contributed by atoms with Gasteiger partial charge in [-0.25, -0.2) is 4.79 Å². The van der Waals surface area contributed by atoms with E-state index in [4.69, 9.17) is 4.74 Å². The first-order chi connectivity index (χ1) is 16.5. The van der Waals surface area contributed by atoms with Gasteiger partial charge in [0.1, 0.15) is 5.75 Å². The molecular formula is C30H33NO3. The van der Waals surface area contributed by atoms with Crippen molar-refractivity contribution < 1.29 is 14.6 Å². The summed E-state index contributed by atoms with van der Waals surface area (Å²) in [5, 5.41) is 10.1. The number of hydrogen-bond donors (Lipinski definition) is 1. The number of benzene rings is 3. The molecule has 0 aromatic heterocycles. The summed E-state index contributed by atoms with van der Waals surface area (Å²) in [6.45, 7) is 5.33. The van der Waals surface area contributed by atoms with E-state index >= 15 is 0 Å². The van der Waals surface area contributed by atoms with E-state index in [0.29, 0.717) is 5.75 Å². The third kappa shape index (κ3) is 4.72. The Balaban J connectivity index is 1.74. The Bertz CT molecular complexity index is 1160. The van der Waals surface area contributed by atoms with Gasteiger partial charge in [-0.3, -0.25) is 0 Å². The van der Waals surface area contributed by atoms with E-state index in [2.05, 4.69) is 61.2 Å². The number of nitrogens with zero attached hydrogens (tertiary/aromatic N) is 1. The van der Waals surface area contributed by atoms with Crippen LogP contribution in [0.1, 0.15) is 54.5 Å². The van der Waals surface area contributed by atoms with Gasteiger partial charge < -0.3 is 14.7 Å². The molecule has 1 heterocycles. The molecule has 0 aliphatic carbocycles. The largest absolute Gasteiger partial charge is 0.508 e.